The summed E-state index contributed by atoms with van der Waals surface area (Å²) >= 11 is 0. The Hall–Kier alpha value is -1.06. The molecule has 0 spiro atoms. The summed E-state index contributed by atoms with van der Waals surface area (Å²) in [5.74, 6) is 0. The summed E-state index contributed by atoms with van der Waals surface area (Å²) in [5, 5.41) is 9.20. The molecule has 102 valence electrons. The molecular weight excluding hydrogens is 248 g/mol. The van der Waals surface area contributed by atoms with E-state index in [0.717, 1.165) is 0 Å². The highest BCUT2D eigenvalue weighted by Gasteiger charge is 2.50. The molecule has 6 heteroatoms. The van der Waals surface area contributed by atoms with Gasteiger partial charge in [0.15, 0.2) is 13.9 Å². The topological polar surface area (TPSA) is 62.6 Å². The van der Waals surface area contributed by atoms with Gasteiger partial charge in [-0.1, -0.05) is 0 Å². The Bertz CT molecular complexity index is 370. The summed E-state index contributed by atoms with van der Waals surface area (Å²) in [4.78, 5) is 13.3. The fourth-order valence-electron chi connectivity index (χ4n) is 1.77. The molecular formula is C12H22N2O3Si. The van der Waals surface area contributed by atoms with E-state index in [9.17, 15) is 10.1 Å². The Morgan fingerprint density at radius 3 is 2.17 bits per heavy atom. The van der Waals surface area contributed by atoms with E-state index < -0.39 is 19.5 Å². The molecule has 0 bridgehead atoms. The molecule has 1 amide bonds. The number of ether oxygens (including phenoxy) is 1. The number of rotatable bonds is 2. The second-order valence-electron chi connectivity index (χ2n) is 6.66. The minimum Gasteiger partial charge on any atom is -0.444 e. The number of amides is 1. The van der Waals surface area contributed by atoms with E-state index in [-0.39, 0.29) is 6.09 Å². The predicted octanol–water partition coefficient (Wildman–Crippen LogP) is 2.35. The lowest BCUT2D eigenvalue weighted by atomic mass is 9.97. The van der Waals surface area contributed by atoms with Crippen LogP contribution in [0.1, 0.15) is 20.8 Å². The van der Waals surface area contributed by atoms with Crippen LogP contribution in [-0.2, 0) is 9.16 Å². The molecule has 1 fully saturated rings. The van der Waals surface area contributed by atoms with E-state index >= 15 is 0 Å². The molecule has 1 aliphatic rings. The Morgan fingerprint density at radius 1 is 1.33 bits per heavy atom. The quantitative estimate of drug-likeness (QED) is 0.723. The highest BCUT2D eigenvalue weighted by atomic mass is 28.4. The minimum absolute atomic E-state index is 0.294. The first-order valence-electron chi connectivity index (χ1n) is 6.06. The number of hydrogen-bond acceptors (Lipinski definition) is 4. The minimum atomic E-state index is -1.80. The first kappa shape index (κ1) is 15.0. The van der Waals surface area contributed by atoms with Gasteiger partial charge in [-0.3, -0.25) is 0 Å². The largest absolute Gasteiger partial charge is 0.444 e. The maximum Gasteiger partial charge on any atom is 0.410 e. The summed E-state index contributed by atoms with van der Waals surface area (Å²) in [5.41, 5.74) is -1.34. The number of carbonyl (C=O) groups is 1. The summed E-state index contributed by atoms with van der Waals surface area (Å²) in [6.07, 6.45) is -0.382. The monoisotopic (exact) mass is 270 g/mol. The van der Waals surface area contributed by atoms with Gasteiger partial charge >= 0.3 is 6.09 Å². The van der Waals surface area contributed by atoms with E-state index in [2.05, 4.69) is 6.07 Å². The first-order valence-corrected chi connectivity index (χ1v) is 9.47. The van der Waals surface area contributed by atoms with Crippen LogP contribution < -0.4 is 0 Å². The summed E-state index contributed by atoms with van der Waals surface area (Å²) in [7, 11) is -1.80. The molecule has 0 aliphatic carbocycles. The summed E-state index contributed by atoms with van der Waals surface area (Å²) < 4.78 is 11.1. The summed E-state index contributed by atoms with van der Waals surface area (Å²) in [6, 6.07) is 2.18. The van der Waals surface area contributed by atoms with E-state index in [1.165, 1.54) is 4.90 Å². The second kappa shape index (κ2) is 4.56. The van der Waals surface area contributed by atoms with Gasteiger partial charge in [-0.25, -0.2) is 4.79 Å². The molecule has 1 aliphatic heterocycles. The average molecular weight is 270 g/mol. The molecule has 0 saturated carbocycles. The van der Waals surface area contributed by atoms with Crippen molar-refractivity contribution in [1.29, 1.82) is 5.26 Å². The van der Waals surface area contributed by atoms with Crippen LogP contribution in [0, 0.1) is 11.3 Å². The van der Waals surface area contributed by atoms with Crippen LogP contribution in [0.5, 0.6) is 0 Å². The highest BCUT2D eigenvalue weighted by molar-refractivity contribution is 6.69. The van der Waals surface area contributed by atoms with Crippen molar-refractivity contribution in [3.8, 4) is 6.07 Å². The molecule has 0 unspecified atom stereocenters. The lowest BCUT2D eigenvalue weighted by Gasteiger charge is -2.47. The van der Waals surface area contributed by atoms with Gasteiger partial charge in [0, 0.05) is 0 Å². The SMILES string of the molecule is CC(C)(C)OC(=O)N1CC(C#N)(O[Si](C)(C)C)C1. The number of carbonyl (C=O) groups excluding carboxylic acids is 1. The molecule has 18 heavy (non-hydrogen) atoms. The van der Waals surface area contributed by atoms with Crippen LogP contribution >= 0.6 is 0 Å². The standard InChI is InChI=1S/C12H22N2O3Si/c1-11(2,3)16-10(15)14-8-12(7-13,9-14)17-18(4,5)6/h8-9H2,1-6H3. The fourth-order valence-corrected chi connectivity index (χ4v) is 3.12. The molecule has 0 N–H and O–H groups in total. The molecule has 1 heterocycles. The molecule has 0 aromatic carbocycles. The van der Waals surface area contributed by atoms with Crippen LogP contribution in [0.3, 0.4) is 0 Å². The zero-order chi connectivity index (χ0) is 14.2. The third kappa shape index (κ3) is 4.00. The summed E-state index contributed by atoms with van der Waals surface area (Å²) in [6.45, 7) is 12.1. The fraction of sp³-hybridized carbons (Fsp3) is 0.833. The van der Waals surface area contributed by atoms with Gasteiger partial charge in [-0.15, -0.1) is 0 Å². The molecule has 1 saturated heterocycles. The zero-order valence-corrected chi connectivity index (χ0v) is 13.0. The first-order chi connectivity index (χ1) is 7.96. The Kier molecular flexibility index (Phi) is 3.80. The molecule has 5 nitrogen and oxygen atoms in total. The number of likely N-dealkylation sites (tertiary alicyclic amines) is 1. The van der Waals surface area contributed by atoms with E-state index in [1.807, 2.05) is 40.4 Å². The van der Waals surface area contributed by atoms with Crippen molar-refractivity contribution in [3.05, 3.63) is 0 Å². The number of nitriles is 1. The van der Waals surface area contributed by atoms with Crippen molar-refractivity contribution < 1.29 is 14.0 Å². The van der Waals surface area contributed by atoms with Crippen molar-refractivity contribution in [3.63, 3.8) is 0 Å². The van der Waals surface area contributed by atoms with Gasteiger partial charge in [-0.2, -0.15) is 5.26 Å². The van der Waals surface area contributed by atoms with E-state index in [0.29, 0.717) is 13.1 Å². The van der Waals surface area contributed by atoms with E-state index in [4.69, 9.17) is 9.16 Å². The maximum atomic E-state index is 11.8. The van der Waals surface area contributed by atoms with Gasteiger partial charge in [-0.05, 0) is 40.4 Å². The number of hydrogen-bond donors (Lipinski definition) is 0. The smallest absolute Gasteiger partial charge is 0.410 e. The molecule has 0 aromatic rings. The van der Waals surface area contributed by atoms with Crippen molar-refractivity contribution in [2.45, 2.75) is 51.6 Å². The van der Waals surface area contributed by atoms with Crippen molar-refractivity contribution in [1.82, 2.24) is 4.90 Å². The van der Waals surface area contributed by atoms with Crippen LogP contribution in [0.15, 0.2) is 0 Å². The molecule has 0 atom stereocenters. The normalized spacial score (nSPS) is 18.8. The van der Waals surface area contributed by atoms with Gasteiger partial charge in [0.25, 0.3) is 0 Å². The average Bonchev–Trinajstić information content (AvgIpc) is 2.05. The molecule has 0 radical (unpaired) electrons. The third-order valence-electron chi connectivity index (χ3n) is 2.25. The second-order valence-corrected chi connectivity index (χ2v) is 11.1. The molecule has 1 rings (SSSR count). The zero-order valence-electron chi connectivity index (χ0n) is 12.0. The van der Waals surface area contributed by atoms with Gasteiger partial charge in [0.1, 0.15) is 11.7 Å². The van der Waals surface area contributed by atoms with Crippen molar-refractivity contribution in [2.75, 3.05) is 13.1 Å². The molecule has 0 aromatic heterocycles. The maximum absolute atomic E-state index is 11.8. The van der Waals surface area contributed by atoms with Crippen molar-refractivity contribution >= 4 is 14.4 Å². The number of nitrogens with zero attached hydrogens (tertiary/aromatic N) is 2. The predicted molar refractivity (Wildman–Crippen MR) is 70.6 cm³/mol. The Labute approximate surface area is 110 Å². The third-order valence-corrected chi connectivity index (χ3v) is 3.25. The highest BCUT2D eigenvalue weighted by Crippen LogP contribution is 2.29. The van der Waals surface area contributed by atoms with Gasteiger partial charge in [0.2, 0.25) is 0 Å². The van der Waals surface area contributed by atoms with Gasteiger partial charge in [0.05, 0.1) is 13.1 Å². The van der Waals surface area contributed by atoms with Crippen LogP contribution in [0.25, 0.3) is 0 Å². The Morgan fingerprint density at radius 2 is 1.83 bits per heavy atom. The van der Waals surface area contributed by atoms with Crippen molar-refractivity contribution in [2.24, 2.45) is 0 Å². The van der Waals surface area contributed by atoms with Gasteiger partial charge < -0.3 is 14.1 Å². The lowest BCUT2D eigenvalue weighted by Crippen LogP contribution is -2.66. The van der Waals surface area contributed by atoms with E-state index in [1.54, 1.807) is 0 Å². The Balaban J connectivity index is 2.56. The van der Waals surface area contributed by atoms with Crippen LogP contribution in [-0.4, -0.2) is 43.6 Å². The van der Waals surface area contributed by atoms with Crippen LogP contribution in [0.4, 0.5) is 4.79 Å². The van der Waals surface area contributed by atoms with Crippen LogP contribution in [0.2, 0.25) is 19.6 Å². The lowest BCUT2D eigenvalue weighted by molar-refractivity contribution is -0.0554.